The summed E-state index contributed by atoms with van der Waals surface area (Å²) in [5, 5.41) is 12.2. The van der Waals surface area contributed by atoms with Gasteiger partial charge in [0.1, 0.15) is 0 Å². The molecule has 2 aromatic rings. The van der Waals surface area contributed by atoms with Crippen LogP contribution in [0.15, 0.2) is 60.3 Å². The first kappa shape index (κ1) is 17.4. The molecular weight excluding hydrogens is 306 g/mol. The fourth-order valence-electron chi connectivity index (χ4n) is 2.34. The third-order valence-corrected chi connectivity index (χ3v) is 3.51. The molecule has 0 heterocycles. The van der Waals surface area contributed by atoms with E-state index < -0.39 is 5.97 Å². The van der Waals surface area contributed by atoms with Crippen LogP contribution in [-0.4, -0.2) is 25.3 Å². The predicted molar refractivity (Wildman–Crippen MR) is 93.7 cm³/mol. The van der Waals surface area contributed by atoms with Gasteiger partial charge in [0, 0.05) is 23.5 Å². The molecule has 0 atom stereocenters. The number of nitrogens with one attached hydrogen (secondary N) is 1. The Morgan fingerprint density at radius 2 is 1.79 bits per heavy atom. The molecule has 0 fully saturated rings. The van der Waals surface area contributed by atoms with Crippen molar-refractivity contribution in [3.8, 4) is 11.5 Å². The highest BCUT2D eigenvalue weighted by atomic mass is 16.5. The minimum Gasteiger partial charge on any atom is -0.493 e. The second kappa shape index (κ2) is 8.62. The zero-order valence-corrected chi connectivity index (χ0v) is 13.8. The molecule has 0 aromatic heterocycles. The van der Waals surface area contributed by atoms with Crippen molar-refractivity contribution in [1.82, 2.24) is 0 Å². The molecule has 0 aliphatic rings. The number of methoxy groups -OCH3 is 2. The number of aryl methyl sites for hydroxylation is 1. The van der Waals surface area contributed by atoms with Crippen LogP contribution in [0.25, 0.3) is 0 Å². The standard InChI is InChI=1S/C19H21NO4/c1-23-17-11-10-15(12-18(17)24-2)20-16(13-19(21)22)9-8-14-6-4-3-5-7-14/h3-7,10-13,20H,8-9H2,1-2H3,(H,21,22). The van der Waals surface area contributed by atoms with E-state index >= 15 is 0 Å². The number of hydrogen-bond acceptors (Lipinski definition) is 4. The second-order valence-electron chi connectivity index (χ2n) is 5.19. The molecule has 0 spiro atoms. The largest absolute Gasteiger partial charge is 0.493 e. The minimum absolute atomic E-state index is 0.584. The number of anilines is 1. The van der Waals surface area contributed by atoms with Gasteiger partial charge in [0.15, 0.2) is 11.5 Å². The van der Waals surface area contributed by atoms with Crippen LogP contribution in [0, 0.1) is 0 Å². The summed E-state index contributed by atoms with van der Waals surface area (Å²) in [6, 6.07) is 15.3. The van der Waals surface area contributed by atoms with E-state index in [1.807, 2.05) is 36.4 Å². The van der Waals surface area contributed by atoms with E-state index in [-0.39, 0.29) is 0 Å². The third kappa shape index (κ3) is 5.05. The molecule has 2 aromatic carbocycles. The zero-order chi connectivity index (χ0) is 17.4. The SMILES string of the molecule is COc1ccc(NC(=CC(=O)O)CCc2ccccc2)cc1OC. The first-order valence-electron chi connectivity index (χ1n) is 7.59. The Labute approximate surface area is 141 Å². The monoisotopic (exact) mass is 327 g/mol. The van der Waals surface area contributed by atoms with Gasteiger partial charge in [-0.05, 0) is 30.5 Å². The van der Waals surface area contributed by atoms with Crippen molar-refractivity contribution < 1.29 is 19.4 Å². The number of carboxylic acids is 1. The molecule has 5 nitrogen and oxygen atoms in total. The Hall–Kier alpha value is -2.95. The van der Waals surface area contributed by atoms with E-state index in [1.165, 1.54) is 6.08 Å². The molecule has 0 saturated heterocycles. The molecule has 0 aliphatic heterocycles. The van der Waals surface area contributed by atoms with Crippen LogP contribution in [-0.2, 0) is 11.2 Å². The highest BCUT2D eigenvalue weighted by Crippen LogP contribution is 2.30. The maximum Gasteiger partial charge on any atom is 0.330 e. The number of carboxylic acid groups (broad SMARTS) is 1. The average Bonchev–Trinajstić information content (AvgIpc) is 2.60. The van der Waals surface area contributed by atoms with Crippen LogP contribution in [0.1, 0.15) is 12.0 Å². The van der Waals surface area contributed by atoms with Crippen LogP contribution in [0.4, 0.5) is 5.69 Å². The van der Waals surface area contributed by atoms with Gasteiger partial charge < -0.3 is 19.9 Å². The van der Waals surface area contributed by atoms with Gasteiger partial charge in [0.05, 0.1) is 14.2 Å². The summed E-state index contributed by atoms with van der Waals surface area (Å²) in [5.41, 5.74) is 2.52. The number of benzene rings is 2. The van der Waals surface area contributed by atoms with Crippen molar-refractivity contribution in [2.24, 2.45) is 0 Å². The van der Waals surface area contributed by atoms with Crippen molar-refractivity contribution in [2.45, 2.75) is 12.8 Å². The molecule has 24 heavy (non-hydrogen) atoms. The Balaban J connectivity index is 2.13. The molecule has 2 rings (SSSR count). The van der Waals surface area contributed by atoms with Crippen molar-refractivity contribution in [1.29, 1.82) is 0 Å². The van der Waals surface area contributed by atoms with Crippen LogP contribution >= 0.6 is 0 Å². The summed E-state index contributed by atoms with van der Waals surface area (Å²) in [4.78, 5) is 11.1. The Morgan fingerprint density at radius 1 is 1.08 bits per heavy atom. The molecule has 126 valence electrons. The van der Waals surface area contributed by atoms with Gasteiger partial charge in [0.25, 0.3) is 0 Å². The number of allylic oxidation sites excluding steroid dienone is 1. The Bertz CT molecular complexity index is 711. The number of carbonyl (C=O) groups is 1. The van der Waals surface area contributed by atoms with Gasteiger partial charge in [-0.3, -0.25) is 0 Å². The first-order chi connectivity index (χ1) is 11.6. The molecule has 5 heteroatoms. The number of rotatable bonds is 8. The lowest BCUT2D eigenvalue weighted by Gasteiger charge is -2.13. The minimum atomic E-state index is -0.981. The summed E-state index contributed by atoms with van der Waals surface area (Å²) in [5.74, 6) is 0.224. The second-order valence-corrected chi connectivity index (χ2v) is 5.19. The predicted octanol–water partition coefficient (Wildman–Crippen LogP) is 3.72. The number of ether oxygens (including phenoxy) is 2. The zero-order valence-electron chi connectivity index (χ0n) is 13.8. The molecule has 0 amide bonds. The summed E-state index contributed by atoms with van der Waals surface area (Å²) < 4.78 is 10.5. The highest BCUT2D eigenvalue weighted by Gasteiger charge is 2.07. The van der Waals surface area contributed by atoms with E-state index in [9.17, 15) is 4.79 Å². The normalized spacial score (nSPS) is 11.0. The van der Waals surface area contributed by atoms with Gasteiger partial charge in [-0.25, -0.2) is 4.79 Å². The Morgan fingerprint density at radius 3 is 2.42 bits per heavy atom. The molecule has 0 aliphatic carbocycles. The lowest BCUT2D eigenvalue weighted by molar-refractivity contribution is -0.131. The van der Waals surface area contributed by atoms with Crippen molar-refractivity contribution in [3.63, 3.8) is 0 Å². The molecule has 0 bridgehead atoms. The summed E-state index contributed by atoms with van der Waals surface area (Å²) in [7, 11) is 3.13. The van der Waals surface area contributed by atoms with Crippen LogP contribution < -0.4 is 14.8 Å². The van der Waals surface area contributed by atoms with Crippen LogP contribution in [0.2, 0.25) is 0 Å². The number of hydrogen-bond donors (Lipinski definition) is 2. The topological polar surface area (TPSA) is 67.8 Å². The number of aliphatic carboxylic acids is 1. The maximum absolute atomic E-state index is 11.1. The first-order valence-corrected chi connectivity index (χ1v) is 7.59. The molecule has 2 N–H and O–H groups in total. The smallest absolute Gasteiger partial charge is 0.330 e. The van der Waals surface area contributed by atoms with Crippen molar-refractivity contribution >= 4 is 11.7 Å². The van der Waals surface area contributed by atoms with E-state index in [0.29, 0.717) is 23.6 Å². The van der Waals surface area contributed by atoms with Crippen LogP contribution in [0.3, 0.4) is 0 Å². The molecular formula is C19H21NO4. The average molecular weight is 327 g/mol. The van der Waals surface area contributed by atoms with Gasteiger partial charge >= 0.3 is 5.97 Å². The lowest BCUT2D eigenvalue weighted by Crippen LogP contribution is -2.05. The van der Waals surface area contributed by atoms with E-state index in [2.05, 4.69) is 5.32 Å². The van der Waals surface area contributed by atoms with E-state index in [4.69, 9.17) is 14.6 Å². The lowest BCUT2D eigenvalue weighted by atomic mass is 10.1. The van der Waals surface area contributed by atoms with Gasteiger partial charge in [-0.1, -0.05) is 30.3 Å². The molecule has 0 saturated carbocycles. The quantitative estimate of drug-likeness (QED) is 0.723. The summed E-state index contributed by atoms with van der Waals surface area (Å²) in [6.07, 6.45) is 2.53. The molecule has 0 radical (unpaired) electrons. The highest BCUT2D eigenvalue weighted by molar-refractivity contribution is 5.81. The van der Waals surface area contributed by atoms with Gasteiger partial charge in [-0.2, -0.15) is 0 Å². The van der Waals surface area contributed by atoms with E-state index in [0.717, 1.165) is 17.7 Å². The van der Waals surface area contributed by atoms with Crippen molar-refractivity contribution in [3.05, 3.63) is 65.9 Å². The fraction of sp³-hybridized carbons (Fsp3) is 0.211. The van der Waals surface area contributed by atoms with Crippen LogP contribution in [0.5, 0.6) is 11.5 Å². The summed E-state index contributed by atoms with van der Waals surface area (Å²) >= 11 is 0. The van der Waals surface area contributed by atoms with E-state index in [1.54, 1.807) is 26.4 Å². The summed E-state index contributed by atoms with van der Waals surface area (Å²) in [6.45, 7) is 0. The maximum atomic E-state index is 11.1. The van der Waals surface area contributed by atoms with Gasteiger partial charge in [0.2, 0.25) is 0 Å². The Kier molecular flexibility index (Phi) is 6.25. The van der Waals surface area contributed by atoms with Crippen molar-refractivity contribution in [2.75, 3.05) is 19.5 Å². The van der Waals surface area contributed by atoms with Gasteiger partial charge in [-0.15, -0.1) is 0 Å². The third-order valence-electron chi connectivity index (χ3n) is 3.51. The fourth-order valence-corrected chi connectivity index (χ4v) is 2.34. The molecule has 0 unspecified atom stereocenters.